The van der Waals surface area contributed by atoms with E-state index < -0.39 is 5.97 Å². The number of aliphatic carboxylic acids is 1. The Bertz CT molecular complexity index is 341. The normalized spacial score (nSPS) is 25.9. The van der Waals surface area contributed by atoms with Gasteiger partial charge >= 0.3 is 5.97 Å². The molecule has 0 spiro atoms. The molecule has 0 aliphatic carbocycles. The third-order valence-electron chi connectivity index (χ3n) is 2.02. The highest BCUT2D eigenvalue weighted by Crippen LogP contribution is 2.49. The summed E-state index contributed by atoms with van der Waals surface area (Å²) >= 11 is 0. The van der Waals surface area contributed by atoms with Crippen LogP contribution in [0.1, 0.15) is 6.42 Å². The second-order valence-electron chi connectivity index (χ2n) is 2.84. The first-order valence-corrected chi connectivity index (χ1v) is 6.09. The number of β-lactam (4-membered cyclic amide) rings is 1. The monoisotopic (exact) mass is 233 g/mol. The number of nitrogens with zero attached hydrogens (tertiary/aromatic N) is 1. The SMILES string of the molecule is O=C(O)C1=C(CO)SS[C@@H]2CC(=O)N12. The van der Waals surface area contributed by atoms with E-state index in [1.807, 2.05) is 0 Å². The van der Waals surface area contributed by atoms with Crippen molar-refractivity contribution in [1.29, 1.82) is 0 Å². The molecule has 1 amide bonds. The van der Waals surface area contributed by atoms with Gasteiger partial charge in [0.15, 0.2) is 0 Å². The van der Waals surface area contributed by atoms with Gasteiger partial charge in [-0.15, -0.1) is 0 Å². The van der Waals surface area contributed by atoms with Crippen LogP contribution in [0.5, 0.6) is 0 Å². The Balaban J connectivity index is 2.37. The molecule has 2 aliphatic heterocycles. The Morgan fingerprint density at radius 3 is 2.86 bits per heavy atom. The molecule has 1 saturated heterocycles. The number of carbonyl (C=O) groups is 2. The van der Waals surface area contributed by atoms with Crippen LogP contribution in [-0.2, 0) is 9.59 Å². The molecule has 0 aromatic rings. The van der Waals surface area contributed by atoms with Gasteiger partial charge < -0.3 is 10.2 Å². The average Bonchev–Trinajstić information content (AvgIpc) is 2.15. The number of carboxylic acid groups (broad SMARTS) is 1. The minimum Gasteiger partial charge on any atom is -0.477 e. The van der Waals surface area contributed by atoms with Crippen LogP contribution < -0.4 is 0 Å². The number of hydrogen-bond donors (Lipinski definition) is 2. The Kier molecular flexibility index (Phi) is 2.46. The highest BCUT2D eigenvalue weighted by atomic mass is 33.1. The Morgan fingerprint density at radius 1 is 1.64 bits per heavy atom. The van der Waals surface area contributed by atoms with Crippen molar-refractivity contribution in [1.82, 2.24) is 4.90 Å². The Morgan fingerprint density at radius 2 is 2.36 bits per heavy atom. The first-order valence-electron chi connectivity index (χ1n) is 3.88. The van der Waals surface area contributed by atoms with Gasteiger partial charge in [0.2, 0.25) is 5.91 Å². The zero-order chi connectivity index (χ0) is 10.3. The lowest BCUT2D eigenvalue weighted by molar-refractivity contribution is -0.145. The molecule has 7 heteroatoms. The van der Waals surface area contributed by atoms with Gasteiger partial charge in [-0.3, -0.25) is 9.69 Å². The van der Waals surface area contributed by atoms with E-state index in [4.69, 9.17) is 10.2 Å². The van der Waals surface area contributed by atoms with Crippen LogP contribution in [0.3, 0.4) is 0 Å². The molecule has 2 rings (SSSR count). The molecule has 2 heterocycles. The largest absolute Gasteiger partial charge is 0.477 e. The quantitative estimate of drug-likeness (QED) is 0.525. The van der Waals surface area contributed by atoms with Gasteiger partial charge in [-0.2, -0.15) is 0 Å². The third kappa shape index (κ3) is 1.32. The second kappa shape index (κ2) is 3.48. The van der Waals surface area contributed by atoms with E-state index in [-0.39, 0.29) is 23.6 Å². The minimum absolute atomic E-state index is 0.0579. The van der Waals surface area contributed by atoms with E-state index in [2.05, 4.69) is 0 Å². The summed E-state index contributed by atoms with van der Waals surface area (Å²) < 4.78 is 0. The van der Waals surface area contributed by atoms with Crippen LogP contribution in [0.15, 0.2) is 10.6 Å². The lowest BCUT2D eigenvalue weighted by Gasteiger charge is -2.42. The number of hydrogen-bond acceptors (Lipinski definition) is 5. The minimum atomic E-state index is -1.15. The fourth-order valence-corrected chi connectivity index (χ4v) is 3.95. The predicted molar refractivity (Wildman–Crippen MR) is 52.2 cm³/mol. The van der Waals surface area contributed by atoms with E-state index >= 15 is 0 Å². The molecule has 14 heavy (non-hydrogen) atoms. The maximum atomic E-state index is 11.2. The average molecular weight is 233 g/mol. The van der Waals surface area contributed by atoms with Gasteiger partial charge in [0.1, 0.15) is 11.1 Å². The standard InChI is InChI=1S/C7H7NO4S2/c9-2-3-6(7(11)12)8-4(10)1-5(8)14-13-3/h5,9H,1-2H2,(H,11,12)/t5-/m1/s1. The molecule has 5 nitrogen and oxygen atoms in total. The summed E-state index contributed by atoms with van der Waals surface area (Å²) in [6.45, 7) is -0.337. The number of carboxylic acids is 1. The molecular weight excluding hydrogens is 226 g/mol. The van der Waals surface area contributed by atoms with Crippen LogP contribution in [0.25, 0.3) is 0 Å². The molecule has 1 fully saturated rings. The molecule has 76 valence electrons. The molecular formula is C7H7NO4S2. The topological polar surface area (TPSA) is 77.8 Å². The predicted octanol–water partition coefficient (Wildman–Crippen LogP) is 0.228. The van der Waals surface area contributed by atoms with Crippen LogP contribution >= 0.6 is 21.6 Å². The van der Waals surface area contributed by atoms with E-state index in [0.717, 1.165) is 0 Å². The number of fused-ring (bicyclic) bond motifs is 1. The van der Waals surface area contributed by atoms with Crippen molar-refractivity contribution in [2.75, 3.05) is 6.61 Å². The number of amides is 1. The third-order valence-corrected chi connectivity index (χ3v) is 4.80. The van der Waals surface area contributed by atoms with E-state index in [0.29, 0.717) is 11.3 Å². The van der Waals surface area contributed by atoms with Gasteiger partial charge in [0.05, 0.1) is 17.9 Å². The fourth-order valence-electron chi connectivity index (χ4n) is 1.34. The number of aliphatic hydroxyl groups is 1. The van der Waals surface area contributed by atoms with Crippen LogP contribution in [0, 0.1) is 0 Å². The van der Waals surface area contributed by atoms with Gasteiger partial charge in [-0.25, -0.2) is 4.79 Å². The number of aliphatic hydroxyl groups excluding tert-OH is 1. The van der Waals surface area contributed by atoms with E-state index in [1.54, 1.807) is 0 Å². The van der Waals surface area contributed by atoms with Crippen molar-refractivity contribution in [3.8, 4) is 0 Å². The molecule has 0 unspecified atom stereocenters. The smallest absolute Gasteiger partial charge is 0.353 e. The summed E-state index contributed by atoms with van der Waals surface area (Å²) in [5.41, 5.74) is -0.0579. The van der Waals surface area contributed by atoms with Crippen molar-refractivity contribution in [3.05, 3.63) is 10.6 Å². The van der Waals surface area contributed by atoms with Crippen LogP contribution in [0.4, 0.5) is 0 Å². The summed E-state index contributed by atoms with van der Waals surface area (Å²) in [6, 6.07) is 0. The van der Waals surface area contributed by atoms with Crippen molar-refractivity contribution < 1.29 is 19.8 Å². The molecule has 0 bridgehead atoms. The zero-order valence-corrected chi connectivity index (χ0v) is 8.60. The highest BCUT2D eigenvalue weighted by molar-refractivity contribution is 8.78. The Hall–Kier alpha value is -0.660. The van der Waals surface area contributed by atoms with Crippen LogP contribution in [-0.4, -0.2) is 39.0 Å². The summed E-state index contributed by atoms with van der Waals surface area (Å²) in [4.78, 5) is 23.6. The molecule has 2 N–H and O–H groups in total. The van der Waals surface area contributed by atoms with Gasteiger partial charge in [0, 0.05) is 0 Å². The van der Waals surface area contributed by atoms with Gasteiger partial charge in [-0.1, -0.05) is 21.6 Å². The maximum Gasteiger partial charge on any atom is 0.353 e. The molecule has 0 saturated carbocycles. The lowest BCUT2D eigenvalue weighted by atomic mass is 10.1. The molecule has 0 radical (unpaired) electrons. The first-order chi connectivity index (χ1) is 6.65. The highest BCUT2D eigenvalue weighted by Gasteiger charge is 2.45. The zero-order valence-electron chi connectivity index (χ0n) is 6.97. The molecule has 0 aromatic carbocycles. The maximum absolute atomic E-state index is 11.2. The number of rotatable bonds is 2. The summed E-state index contributed by atoms with van der Waals surface area (Å²) in [7, 11) is 2.65. The fraction of sp³-hybridized carbons (Fsp3) is 0.429. The second-order valence-corrected chi connectivity index (χ2v) is 5.31. The van der Waals surface area contributed by atoms with Crippen molar-refractivity contribution in [2.45, 2.75) is 11.8 Å². The lowest BCUT2D eigenvalue weighted by Crippen LogP contribution is -2.52. The summed E-state index contributed by atoms with van der Waals surface area (Å²) in [6.07, 6.45) is 0.382. The van der Waals surface area contributed by atoms with E-state index in [1.165, 1.54) is 26.5 Å². The van der Waals surface area contributed by atoms with Crippen molar-refractivity contribution >= 4 is 33.5 Å². The van der Waals surface area contributed by atoms with Crippen molar-refractivity contribution in [3.63, 3.8) is 0 Å². The Labute approximate surface area is 87.5 Å². The molecule has 0 aromatic heterocycles. The van der Waals surface area contributed by atoms with Crippen LogP contribution in [0.2, 0.25) is 0 Å². The van der Waals surface area contributed by atoms with Gasteiger partial charge in [0.25, 0.3) is 0 Å². The summed E-state index contributed by atoms with van der Waals surface area (Å²) in [5, 5.41) is 17.8. The molecule has 1 atom stereocenters. The molecule has 2 aliphatic rings. The number of carbonyl (C=O) groups excluding carboxylic acids is 1. The van der Waals surface area contributed by atoms with Gasteiger partial charge in [-0.05, 0) is 0 Å². The van der Waals surface area contributed by atoms with E-state index in [9.17, 15) is 9.59 Å². The summed E-state index contributed by atoms with van der Waals surface area (Å²) in [5.74, 6) is -1.34. The van der Waals surface area contributed by atoms with Crippen molar-refractivity contribution in [2.24, 2.45) is 0 Å². The first kappa shape index (κ1) is 9.88.